The van der Waals surface area contributed by atoms with Gasteiger partial charge in [-0.25, -0.2) is 4.98 Å². The van der Waals surface area contributed by atoms with Crippen LogP contribution in [0.4, 0.5) is 0 Å². The van der Waals surface area contributed by atoms with Crippen LogP contribution in [0.25, 0.3) is 0 Å². The molecule has 3 heteroatoms. The van der Waals surface area contributed by atoms with Crippen LogP contribution in [0.3, 0.4) is 0 Å². The molecular weight excluding hydrogens is 180 g/mol. The molecule has 0 saturated carbocycles. The van der Waals surface area contributed by atoms with Gasteiger partial charge < -0.3 is 0 Å². The van der Waals surface area contributed by atoms with Crippen LogP contribution in [0.15, 0.2) is 29.8 Å². The average Bonchev–Trinajstić information content (AvgIpc) is 2.62. The molecule has 0 radical (unpaired) electrons. The van der Waals surface area contributed by atoms with Gasteiger partial charge in [-0.15, -0.1) is 0 Å². The second-order valence-electron chi connectivity index (χ2n) is 3.01. The number of nitrogens with zero attached hydrogens (tertiary/aromatic N) is 2. The van der Waals surface area contributed by atoms with E-state index in [1.54, 1.807) is 5.51 Å². The second-order valence-corrected chi connectivity index (χ2v) is 3.61. The topological polar surface area (TPSA) is 25.8 Å². The summed E-state index contributed by atoms with van der Waals surface area (Å²) < 4.78 is 4.16. The zero-order chi connectivity index (χ0) is 9.10. The lowest BCUT2D eigenvalue weighted by atomic mass is 10.1. The number of hydrogen-bond acceptors (Lipinski definition) is 3. The van der Waals surface area contributed by atoms with Crippen molar-refractivity contribution in [1.82, 2.24) is 9.36 Å². The smallest absolute Gasteiger partial charge is 0.146 e. The van der Waals surface area contributed by atoms with Crippen LogP contribution >= 0.6 is 11.5 Å². The van der Waals surface area contributed by atoms with Gasteiger partial charge in [0.2, 0.25) is 0 Å². The van der Waals surface area contributed by atoms with Crippen LogP contribution < -0.4 is 0 Å². The van der Waals surface area contributed by atoms with Crippen molar-refractivity contribution in [3.63, 3.8) is 0 Å². The first-order valence-corrected chi connectivity index (χ1v) is 4.99. The Morgan fingerprint density at radius 3 is 2.62 bits per heavy atom. The Bertz CT molecular complexity index is 364. The lowest BCUT2D eigenvalue weighted by Crippen LogP contribution is -1.89. The summed E-state index contributed by atoms with van der Waals surface area (Å²) in [5, 5.41) is 0. The third-order valence-electron chi connectivity index (χ3n) is 1.89. The first-order valence-electron chi connectivity index (χ1n) is 4.15. The highest BCUT2D eigenvalue weighted by Gasteiger charge is 1.98. The van der Waals surface area contributed by atoms with E-state index < -0.39 is 0 Å². The fourth-order valence-corrected chi connectivity index (χ4v) is 1.61. The van der Waals surface area contributed by atoms with Crippen LogP contribution in [0.2, 0.25) is 0 Å². The van der Waals surface area contributed by atoms with Crippen molar-refractivity contribution in [3.05, 3.63) is 46.7 Å². The lowest BCUT2D eigenvalue weighted by Gasteiger charge is -1.97. The standard InChI is InChI=1S/C10H10N2S/c1-8-2-4-9(5-3-8)6-10-11-7-13-12-10/h2-5,7H,6H2,1H3. The van der Waals surface area contributed by atoms with Gasteiger partial charge in [0.15, 0.2) is 0 Å². The molecule has 0 N–H and O–H groups in total. The highest BCUT2D eigenvalue weighted by atomic mass is 32.1. The predicted molar refractivity (Wildman–Crippen MR) is 53.9 cm³/mol. The van der Waals surface area contributed by atoms with E-state index in [0.29, 0.717) is 0 Å². The molecule has 0 aliphatic heterocycles. The SMILES string of the molecule is Cc1ccc(Cc2ncsn2)cc1. The molecule has 0 aliphatic carbocycles. The van der Waals surface area contributed by atoms with E-state index in [2.05, 4.69) is 40.5 Å². The quantitative estimate of drug-likeness (QED) is 0.727. The molecule has 1 aromatic heterocycles. The minimum atomic E-state index is 0.837. The van der Waals surface area contributed by atoms with Crippen LogP contribution in [0, 0.1) is 6.92 Å². The van der Waals surface area contributed by atoms with E-state index in [4.69, 9.17) is 0 Å². The number of hydrogen-bond donors (Lipinski definition) is 0. The van der Waals surface area contributed by atoms with Gasteiger partial charge in [0.1, 0.15) is 11.3 Å². The van der Waals surface area contributed by atoms with Gasteiger partial charge in [0, 0.05) is 6.42 Å². The molecule has 0 unspecified atom stereocenters. The molecule has 2 nitrogen and oxygen atoms in total. The van der Waals surface area contributed by atoms with E-state index in [1.807, 2.05) is 0 Å². The molecular formula is C10H10N2S. The maximum absolute atomic E-state index is 4.16. The zero-order valence-corrected chi connectivity index (χ0v) is 8.21. The molecule has 2 rings (SSSR count). The first kappa shape index (κ1) is 8.38. The minimum Gasteiger partial charge on any atom is -0.228 e. The predicted octanol–water partition coefficient (Wildman–Crippen LogP) is 2.44. The van der Waals surface area contributed by atoms with Crippen LogP contribution in [-0.2, 0) is 6.42 Å². The number of rotatable bonds is 2. The monoisotopic (exact) mass is 190 g/mol. The summed E-state index contributed by atoms with van der Waals surface area (Å²) in [6, 6.07) is 8.47. The van der Waals surface area contributed by atoms with Crippen LogP contribution in [0.5, 0.6) is 0 Å². The minimum absolute atomic E-state index is 0.837. The molecule has 1 aromatic carbocycles. The Balaban J connectivity index is 2.15. The molecule has 0 atom stereocenters. The summed E-state index contributed by atoms with van der Waals surface area (Å²) in [5.41, 5.74) is 4.32. The third kappa shape index (κ3) is 2.12. The fourth-order valence-electron chi connectivity index (χ4n) is 1.16. The van der Waals surface area contributed by atoms with Crippen molar-refractivity contribution in [2.24, 2.45) is 0 Å². The average molecular weight is 190 g/mol. The second kappa shape index (κ2) is 3.66. The largest absolute Gasteiger partial charge is 0.228 e. The van der Waals surface area contributed by atoms with Gasteiger partial charge in [-0.3, -0.25) is 0 Å². The number of aromatic nitrogens is 2. The summed E-state index contributed by atoms with van der Waals surface area (Å²) in [6.07, 6.45) is 0.837. The Hall–Kier alpha value is -1.22. The number of benzene rings is 1. The van der Waals surface area contributed by atoms with E-state index >= 15 is 0 Å². The molecule has 66 valence electrons. The van der Waals surface area contributed by atoms with Gasteiger partial charge in [-0.05, 0) is 24.0 Å². The molecule has 2 aromatic rings. The normalized spacial score (nSPS) is 10.2. The molecule has 0 saturated heterocycles. The van der Waals surface area contributed by atoms with Crippen LogP contribution in [0.1, 0.15) is 17.0 Å². The van der Waals surface area contributed by atoms with Gasteiger partial charge >= 0.3 is 0 Å². The maximum atomic E-state index is 4.16. The van der Waals surface area contributed by atoms with Crippen LogP contribution in [-0.4, -0.2) is 9.36 Å². The summed E-state index contributed by atoms with van der Waals surface area (Å²) in [7, 11) is 0. The van der Waals surface area contributed by atoms with Crippen molar-refractivity contribution in [2.45, 2.75) is 13.3 Å². The maximum Gasteiger partial charge on any atom is 0.146 e. The fraction of sp³-hybridized carbons (Fsp3) is 0.200. The Labute approximate surface area is 81.4 Å². The zero-order valence-electron chi connectivity index (χ0n) is 7.40. The molecule has 0 spiro atoms. The number of aryl methyl sites for hydroxylation is 1. The van der Waals surface area contributed by atoms with Crippen molar-refractivity contribution in [3.8, 4) is 0 Å². The summed E-state index contributed by atoms with van der Waals surface area (Å²) in [4.78, 5) is 4.14. The van der Waals surface area contributed by atoms with Crippen molar-refractivity contribution >= 4 is 11.5 Å². The Morgan fingerprint density at radius 2 is 2.00 bits per heavy atom. The van der Waals surface area contributed by atoms with Gasteiger partial charge in [0.05, 0.1) is 0 Å². The van der Waals surface area contributed by atoms with E-state index in [0.717, 1.165) is 12.2 Å². The molecule has 0 fully saturated rings. The Kier molecular flexibility index (Phi) is 2.36. The van der Waals surface area contributed by atoms with Gasteiger partial charge in [-0.1, -0.05) is 29.8 Å². The van der Waals surface area contributed by atoms with E-state index in [1.165, 1.54) is 22.7 Å². The molecule has 0 bridgehead atoms. The van der Waals surface area contributed by atoms with Crippen molar-refractivity contribution in [1.29, 1.82) is 0 Å². The molecule has 13 heavy (non-hydrogen) atoms. The molecule has 0 amide bonds. The first-order chi connectivity index (χ1) is 6.34. The highest BCUT2D eigenvalue weighted by molar-refractivity contribution is 7.03. The van der Waals surface area contributed by atoms with Gasteiger partial charge in [0.25, 0.3) is 0 Å². The van der Waals surface area contributed by atoms with E-state index in [-0.39, 0.29) is 0 Å². The summed E-state index contributed by atoms with van der Waals surface area (Å²) in [5.74, 6) is 0.911. The Morgan fingerprint density at radius 1 is 1.23 bits per heavy atom. The molecule has 0 aliphatic rings. The molecule has 1 heterocycles. The van der Waals surface area contributed by atoms with Crippen molar-refractivity contribution < 1.29 is 0 Å². The third-order valence-corrected chi connectivity index (χ3v) is 2.41. The van der Waals surface area contributed by atoms with Crippen molar-refractivity contribution in [2.75, 3.05) is 0 Å². The summed E-state index contributed by atoms with van der Waals surface area (Å²) in [6.45, 7) is 2.09. The summed E-state index contributed by atoms with van der Waals surface area (Å²) >= 11 is 1.40. The highest BCUT2D eigenvalue weighted by Crippen LogP contribution is 2.07. The van der Waals surface area contributed by atoms with E-state index in [9.17, 15) is 0 Å². The van der Waals surface area contributed by atoms with Gasteiger partial charge in [-0.2, -0.15) is 4.37 Å². The lowest BCUT2D eigenvalue weighted by molar-refractivity contribution is 1.04.